The van der Waals surface area contributed by atoms with Gasteiger partial charge in [0.05, 0.1) is 6.21 Å². The highest BCUT2D eigenvalue weighted by Crippen LogP contribution is 2.12. The summed E-state index contributed by atoms with van der Waals surface area (Å²) in [5.74, 6) is -0.178. The van der Waals surface area contributed by atoms with Gasteiger partial charge in [0, 0.05) is 11.3 Å². The third kappa shape index (κ3) is 4.03. The van der Waals surface area contributed by atoms with Gasteiger partial charge in [0.25, 0.3) is 0 Å². The standard InChI is InChI=1S/C14H12FN3OS/c15-11-5-7-12(8-6-11)17-14(20)18-16-9-10-3-1-2-4-13(10)19/h1-9,19H,(H2,17,18,20)/b16-9-. The fourth-order valence-corrected chi connectivity index (χ4v) is 1.62. The summed E-state index contributed by atoms with van der Waals surface area (Å²) >= 11 is 5.02. The monoisotopic (exact) mass is 289 g/mol. The molecular weight excluding hydrogens is 277 g/mol. The van der Waals surface area contributed by atoms with Gasteiger partial charge in [-0.1, -0.05) is 12.1 Å². The number of hydrogen-bond acceptors (Lipinski definition) is 3. The zero-order chi connectivity index (χ0) is 14.4. The first-order valence-electron chi connectivity index (χ1n) is 5.79. The van der Waals surface area contributed by atoms with Gasteiger partial charge in [-0.3, -0.25) is 5.43 Å². The summed E-state index contributed by atoms with van der Waals surface area (Å²) < 4.78 is 12.7. The molecule has 20 heavy (non-hydrogen) atoms. The molecule has 2 aromatic rings. The first-order chi connectivity index (χ1) is 9.65. The van der Waals surface area contributed by atoms with E-state index in [2.05, 4.69) is 15.8 Å². The maximum Gasteiger partial charge on any atom is 0.191 e. The van der Waals surface area contributed by atoms with Gasteiger partial charge < -0.3 is 10.4 Å². The number of nitrogens with one attached hydrogen (secondary N) is 2. The molecule has 0 radical (unpaired) electrons. The molecule has 0 aliphatic heterocycles. The minimum absolute atomic E-state index is 0.135. The van der Waals surface area contributed by atoms with Crippen molar-refractivity contribution in [2.45, 2.75) is 0 Å². The Kier molecular flexibility index (Phi) is 4.62. The van der Waals surface area contributed by atoms with E-state index in [0.717, 1.165) is 0 Å². The molecule has 0 heterocycles. The second-order valence-electron chi connectivity index (χ2n) is 3.89. The van der Waals surface area contributed by atoms with Gasteiger partial charge in [0.1, 0.15) is 11.6 Å². The molecule has 0 unspecified atom stereocenters. The molecule has 0 atom stereocenters. The fourth-order valence-electron chi connectivity index (χ4n) is 1.45. The fraction of sp³-hybridized carbons (Fsp3) is 0. The first kappa shape index (κ1) is 14.0. The Morgan fingerprint density at radius 1 is 1.15 bits per heavy atom. The van der Waals surface area contributed by atoms with Crippen LogP contribution in [0, 0.1) is 5.82 Å². The van der Waals surface area contributed by atoms with Crippen LogP contribution >= 0.6 is 12.2 Å². The molecule has 3 N–H and O–H groups in total. The molecule has 0 amide bonds. The molecule has 2 rings (SSSR count). The van der Waals surface area contributed by atoms with Gasteiger partial charge in [-0.2, -0.15) is 5.10 Å². The molecule has 6 heteroatoms. The number of thiocarbonyl (C=S) groups is 1. The second kappa shape index (κ2) is 6.63. The highest BCUT2D eigenvalue weighted by atomic mass is 32.1. The van der Waals surface area contributed by atoms with Gasteiger partial charge in [-0.05, 0) is 48.6 Å². The number of halogens is 1. The summed E-state index contributed by atoms with van der Waals surface area (Å²) in [6, 6.07) is 12.6. The summed E-state index contributed by atoms with van der Waals surface area (Å²) in [7, 11) is 0. The lowest BCUT2D eigenvalue weighted by atomic mass is 10.2. The van der Waals surface area contributed by atoms with E-state index in [9.17, 15) is 9.50 Å². The van der Waals surface area contributed by atoms with Crippen LogP contribution < -0.4 is 10.7 Å². The van der Waals surface area contributed by atoms with Crippen LogP contribution in [-0.4, -0.2) is 16.4 Å². The predicted octanol–water partition coefficient (Wildman–Crippen LogP) is 2.85. The van der Waals surface area contributed by atoms with Gasteiger partial charge in [0.2, 0.25) is 0 Å². The Morgan fingerprint density at radius 2 is 1.85 bits per heavy atom. The van der Waals surface area contributed by atoms with Crippen molar-refractivity contribution in [3.05, 3.63) is 59.9 Å². The Hall–Kier alpha value is -2.47. The van der Waals surface area contributed by atoms with Crippen molar-refractivity contribution in [3.63, 3.8) is 0 Å². The van der Waals surface area contributed by atoms with Crippen molar-refractivity contribution < 1.29 is 9.50 Å². The predicted molar refractivity (Wildman–Crippen MR) is 81.5 cm³/mol. The van der Waals surface area contributed by atoms with Crippen LogP contribution in [0.15, 0.2) is 53.6 Å². The largest absolute Gasteiger partial charge is 0.507 e. The van der Waals surface area contributed by atoms with Crippen molar-refractivity contribution in [3.8, 4) is 5.75 Å². The lowest BCUT2D eigenvalue weighted by Crippen LogP contribution is -2.23. The van der Waals surface area contributed by atoms with Gasteiger partial charge in [-0.25, -0.2) is 4.39 Å². The number of hydrogen-bond donors (Lipinski definition) is 3. The average Bonchev–Trinajstić information content (AvgIpc) is 2.43. The highest BCUT2D eigenvalue weighted by molar-refractivity contribution is 7.80. The maximum absolute atomic E-state index is 12.7. The van der Waals surface area contributed by atoms with Crippen LogP contribution in [0.25, 0.3) is 0 Å². The van der Waals surface area contributed by atoms with Gasteiger partial charge >= 0.3 is 0 Å². The van der Waals surface area contributed by atoms with Crippen LogP contribution in [0.5, 0.6) is 5.75 Å². The van der Waals surface area contributed by atoms with E-state index in [4.69, 9.17) is 12.2 Å². The molecule has 102 valence electrons. The van der Waals surface area contributed by atoms with E-state index in [-0.39, 0.29) is 16.7 Å². The molecule has 0 spiro atoms. The molecule has 0 aliphatic carbocycles. The summed E-state index contributed by atoms with van der Waals surface area (Å²) in [4.78, 5) is 0. The van der Waals surface area contributed by atoms with Crippen molar-refractivity contribution in [2.75, 3.05) is 5.32 Å². The lowest BCUT2D eigenvalue weighted by molar-refractivity contribution is 0.474. The molecular formula is C14H12FN3OS. The summed E-state index contributed by atoms with van der Waals surface area (Å²) in [5.41, 5.74) is 3.83. The minimum atomic E-state index is -0.313. The van der Waals surface area contributed by atoms with E-state index in [1.165, 1.54) is 18.3 Å². The summed E-state index contributed by atoms with van der Waals surface area (Å²) in [5, 5.41) is 16.6. The third-order valence-electron chi connectivity index (χ3n) is 2.41. The van der Waals surface area contributed by atoms with Crippen molar-refractivity contribution in [1.29, 1.82) is 0 Å². The Bertz CT molecular complexity index is 629. The third-order valence-corrected chi connectivity index (χ3v) is 2.60. The summed E-state index contributed by atoms with van der Waals surface area (Å²) in [6.07, 6.45) is 1.45. The van der Waals surface area contributed by atoms with Crippen LogP contribution in [-0.2, 0) is 0 Å². The number of para-hydroxylation sites is 1. The molecule has 0 saturated heterocycles. The Balaban J connectivity index is 1.89. The van der Waals surface area contributed by atoms with E-state index >= 15 is 0 Å². The van der Waals surface area contributed by atoms with Crippen molar-refractivity contribution in [2.24, 2.45) is 5.10 Å². The zero-order valence-electron chi connectivity index (χ0n) is 10.4. The molecule has 0 aromatic heterocycles. The number of anilines is 1. The Labute approximate surface area is 121 Å². The average molecular weight is 289 g/mol. The van der Waals surface area contributed by atoms with Gasteiger partial charge in [-0.15, -0.1) is 0 Å². The molecule has 0 fully saturated rings. The lowest BCUT2D eigenvalue weighted by Gasteiger charge is -2.06. The molecule has 2 aromatic carbocycles. The van der Waals surface area contributed by atoms with E-state index in [1.807, 2.05) is 0 Å². The Morgan fingerprint density at radius 3 is 2.55 bits per heavy atom. The first-order valence-corrected chi connectivity index (χ1v) is 6.19. The number of benzene rings is 2. The zero-order valence-corrected chi connectivity index (χ0v) is 11.2. The van der Waals surface area contributed by atoms with Crippen molar-refractivity contribution in [1.82, 2.24) is 5.43 Å². The summed E-state index contributed by atoms with van der Waals surface area (Å²) in [6.45, 7) is 0. The van der Waals surface area contributed by atoms with Crippen LogP contribution in [0.3, 0.4) is 0 Å². The van der Waals surface area contributed by atoms with Crippen molar-refractivity contribution >= 4 is 29.2 Å². The topological polar surface area (TPSA) is 56.7 Å². The number of rotatable bonds is 3. The SMILES string of the molecule is Oc1ccccc1/C=N\NC(=S)Nc1ccc(F)cc1. The number of nitrogens with zero attached hydrogens (tertiary/aromatic N) is 1. The van der Waals surface area contributed by atoms with E-state index < -0.39 is 0 Å². The number of aromatic hydroxyl groups is 1. The highest BCUT2D eigenvalue weighted by Gasteiger charge is 1.97. The molecule has 0 saturated carbocycles. The van der Waals surface area contributed by atoms with Crippen LogP contribution in [0.1, 0.15) is 5.56 Å². The molecule has 0 bridgehead atoms. The smallest absolute Gasteiger partial charge is 0.191 e. The normalized spacial score (nSPS) is 10.4. The quantitative estimate of drug-likeness (QED) is 0.462. The van der Waals surface area contributed by atoms with E-state index in [1.54, 1.807) is 36.4 Å². The molecule has 4 nitrogen and oxygen atoms in total. The second-order valence-corrected chi connectivity index (χ2v) is 4.30. The van der Waals surface area contributed by atoms with Crippen LogP contribution in [0.4, 0.5) is 10.1 Å². The maximum atomic E-state index is 12.7. The number of phenols is 1. The number of phenolic OH excluding ortho intramolecular Hbond substituents is 1. The van der Waals surface area contributed by atoms with Gasteiger partial charge in [0.15, 0.2) is 5.11 Å². The number of hydrazone groups is 1. The molecule has 0 aliphatic rings. The minimum Gasteiger partial charge on any atom is -0.507 e. The van der Waals surface area contributed by atoms with Crippen LogP contribution in [0.2, 0.25) is 0 Å². The van der Waals surface area contributed by atoms with E-state index in [0.29, 0.717) is 11.3 Å².